The summed E-state index contributed by atoms with van der Waals surface area (Å²) in [6.45, 7) is 4.14. The van der Waals surface area contributed by atoms with Crippen molar-refractivity contribution in [2.75, 3.05) is 11.4 Å². The smallest absolute Gasteiger partial charge is 0.225 e. The molecule has 1 amide bonds. The molecule has 0 aliphatic carbocycles. The largest absolute Gasteiger partial charge is 0.289 e. The van der Waals surface area contributed by atoms with Crippen LogP contribution in [0.2, 0.25) is 0 Å². The van der Waals surface area contributed by atoms with E-state index in [0.717, 1.165) is 10.8 Å². The zero-order chi connectivity index (χ0) is 9.84. The van der Waals surface area contributed by atoms with Crippen LogP contribution in [-0.2, 0) is 10.5 Å². The Hall–Kier alpha value is -0.550. The molecule has 0 aliphatic heterocycles. The molecule has 3 nitrogen and oxygen atoms in total. The molecular weight excluding hydrogens is 204 g/mol. The molecule has 72 valence electrons. The van der Waals surface area contributed by atoms with E-state index in [-0.39, 0.29) is 5.91 Å². The molecule has 0 radical (unpaired) electrons. The van der Waals surface area contributed by atoms with Gasteiger partial charge in [-0.2, -0.15) is 12.6 Å². The van der Waals surface area contributed by atoms with Crippen molar-refractivity contribution in [3.63, 3.8) is 0 Å². The van der Waals surface area contributed by atoms with Crippen molar-refractivity contribution in [3.05, 3.63) is 11.1 Å². The summed E-state index contributed by atoms with van der Waals surface area (Å²) in [5.41, 5.74) is 0.919. The molecule has 0 atom stereocenters. The summed E-state index contributed by atoms with van der Waals surface area (Å²) >= 11 is 5.59. The summed E-state index contributed by atoms with van der Waals surface area (Å²) < 4.78 is 0. The van der Waals surface area contributed by atoms with Gasteiger partial charge in [0, 0.05) is 24.6 Å². The number of aromatic nitrogens is 1. The number of carbonyl (C=O) groups is 1. The fourth-order valence-corrected chi connectivity index (χ4v) is 2.20. The number of nitrogens with zero attached hydrogens (tertiary/aromatic N) is 2. The molecule has 0 bridgehead atoms. The standard InChI is InChI=1S/C8H12N2OS2/c1-3-10(6(2)11)8-9-7(4-12)5-13-8/h5,12H,3-4H2,1-2H3. The maximum atomic E-state index is 11.1. The fourth-order valence-electron chi connectivity index (χ4n) is 0.985. The van der Waals surface area contributed by atoms with E-state index in [1.54, 1.807) is 11.8 Å². The predicted molar refractivity (Wildman–Crippen MR) is 58.5 cm³/mol. The normalized spacial score (nSPS) is 10.1. The Kier molecular flexibility index (Phi) is 3.74. The lowest BCUT2D eigenvalue weighted by Gasteiger charge is -2.14. The number of hydrogen-bond acceptors (Lipinski definition) is 4. The van der Waals surface area contributed by atoms with E-state index in [9.17, 15) is 4.79 Å². The molecule has 13 heavy (non-hydrogen) atoms. The number of thiazole rings is 1. The maximum absolute atomic E-state index is 11.1. The number of anilines is 1. The Morgan fingerprint density at radius 1 is 1.77 bits per heavy atom. The first-order chi connectivity index (χ1) is 6.19. The second-order valence-electron chi connectivity index (χ2n) is 2.54. The van der Waals surface area contributed by atoms with Crippen molar-refractivity contribution < 1.29 is 4.79 Å². The van der Waals surface area contributed by atoms with Gasteiger partial charge in [0.2, 0.25) is 5.91 Å². The van der Waals surface area contributed by atoms with Crippen LogP contribution in [0.3, 0.4) is 0 Å². The molecule has 1 rings (SSSR count). The van der Waals surface area contributed by atoms with Gasteiger partial charge in [0.1, 0.15) is 0 Å². The fraction of sp³-hybridized carbons (Fsp3) is 0.500. The van der Waals surface area contributed by atoms with Crippen molar-refractivity contribution in [1.82, 2.24) is 4.98 Å². The van der Waals surface area contributed by atoms with Crippen LogP contribution in [0.15, 0.2) is 5.38 Å². The molecule has 0 spiro atoms. The molecule has 5 heteroatoms. The first-order valence-electron chi connectivity index (χ1n) is 4.02. The van der Waals surface area contributed by atoms with Gasteiger partial charge in [-0.15, -0.1) is 11.3 Å². The van der Waals surface area contributed by atoms with E-state index in [2.05, 4.69) is 17.6 Å². The second kappa shape index (κ2) is 4.62. The van der Waals surface area contributed by atoms with Gasteiger partial charge in [-0.1, -0.05) is 0 Å². The van der Waals surface area contributed by atoms with Crippen molar-refractivity contribution in [2.24, 2.45) is 0 Å². The van der Waals surface area contributed by atoms with Gasteiger partial charge in [-0.25, -0.2) is 4.98 Å². The number of hydrogen-bond donors (Lipinski definition) is 1. The average Bonchev–Trinajstić information content (AvgIpc) is 2.53. The molecule has 1 heterocycles. The molecule has 0 unspecified atom stereocenters. The number of amides is 1. The van der Waals surface area contributed by atoms with Crippen molar-refractivity contribution in [1.29, 1.82) is 0 Å². The summed E-state index contributed by atoms with van der Waals surface area (Å²) in [4.78, 5) is 17.1. The van der Waals surface area contributed by atoms with E-state index < -0.39 is 0 Å². The van der Waals surface area contributed by atoms with E-state index in [0.29, 0.717) is 12.3 Å². The first-order valence-corrected chi connectivity index (χ1v) is 5.53. The van der Waals surface area contributed by atoms with Gasteiger partial charge in [0.25, 0.3) is 0 Å². The van der Waals surface area contributed by atoms with Gasteiger partial charge in [0.05, 0.1) is 5.69 Å². The Morgan fingerprint density at radius 3 is 2.85 bits per heavy atom. The Balaban J connectivity index is 2.85. The summed E-state index contributed by atoms with van der Waals surface area (Å²) in [5.74, 6) is 0.647. The zero-order valence-electron chi connectivity index (χ0n) is 7.65. The molecule has 0 saturated heterocycles. The van der Waals surface area contributed by atoms with E-state index in [4.69, 9.17) is 0 Å². The molecule has 0 saturated carbocycles. The van der Waals surface area contributed by atoms with Crippen LogP contribution < -0.4 is 4.90 Å². The third-order valence-electron chi connectivity index (χ3n) is 1.63. The summed E-state index contributed by atoms with van der Waals surface area (Å²) in [5, 5.41) is 2.69. The van der Waals surface area contributed by atoms with Crippen LogP contribution in [0.25, 0.3) is 0 Å². The van der Waals surface area contributed by atoms with Gasteiger partial charge in [-0.05, 0) is 6.92 Å². The minimum absolute atomic E-state index is 0.0302. The topological polar surface area (TPSA) is 33.2 Å². The Bertz CT molecular complexity index is 298. The minimum atomic E-state index is 0.0302. The highest BCUT2D eigenvalue weighted by Gasteiger charge is 2.12. The van der Waals surface area contributed by atoms with Crippen molar-refractivity contribution in [3.8, 4) is 0 Å². The zero-order valence-corrected chi connectivity index (χ0v) is 9.36. The Morgan fingerprint density at radius 2 is 2.46 bits per heavy atom. The molecule has 0 aromatic carbocycles. The van der Waals surface area contributed by atoms with E-state index in [1.807, 2.05) is 12.3 Å². The third kappa shape index (κ3) is 2.45. The average molecular weight is 216 g/mol. The van der Waals surface area contributed by atoms with Gasteiger partial charge in [-0.3, -0.25) is 9.69 Å². The molecule has 1 aromatic heterocycles. The molecule has 0 fully saturated rings. The highest BCUT2D eigenvalue weighted by atomic mass is 32.1. The number of carbonyl (C=O) groups excluding carboxylic acids is 1. The first kappa shape index (κ1) is 10.5. The summed E-state index contributed by atoms with van der Waals surface area (Å²) in [6, 6.07) is 0. The SMILES string of the molecule is CCN(C(C)=O)c1nc(CS)cs1. The van der Waals surface area contributed by atoms with Gasteiger partial charge in [0.15, 0.2) is 5.13 Å². The summed E-state index contributed by atoms with van der Waals surface area (Å²) in [6.07, 6.45) is 0. The maximum Gasteiger partial charge on any atom is 0.225 e. The predicted octanol–water partition coefficient (Wildman–Crippen LogP) is 1.95. The molecule has 0 N–H and O–H groups in total. The lowest BCUT2D eigenvalue weighted by atomic mass is 10.5. The van der Waals surface area contributed by atoms with Crippen LogP contribution in [0.5, 0.6) is 0 Å². The van der Waals surface area contributed by atoms with Crippen LogP contribution in [0.1, 0.15) is 19.5 Å². The second-order valence-corrected chi connectivity index (χ2v) is 3.70. The minimum Gasteiger partial charge on any atom is -0.289 e. The lowest BCUT2D eigenvalue weighted by molar-refractivity contribution is -0.116. The van der Waals surface area contributed by atoms with Crippen LogP contribution in [0, 0.1) is 0 Å². The number of thiol groups is 1. The molecule has 0 aliphatic rings. The molecule has 1 aromatic rings. The van der Waals surface area contributed by atoms with E-state index in [1.165, 1.54) is 11.3 Å². The third-order valence-corrected chi connectivity index (χ3v) is 2.87. The van der Waals surface area contributed by atoms with E-state index >= 15 is 0 Å². The summed E-state index contributed by atoms with van der Waals surface area (Å²) in [7, 11) is 0. The van der Waals surface area contributed by atoms with Crippen molar-refractivity contribution in [2.45, 2.75) is 19.6 Å². The highest BCUT2D eigenvalue weighted by molar-refractivity contribution is 7.79. The van der Waals surface area contributed by atoms with Crippen molar-refractivity contribution >= 4 is 35.0 Å². The highest BCUT2D eigenvalue weighted by Crippen LogP contribution is 2.21. The number of rotatable bonds is 3. The van der Waals surface area contributed by atoms with Crippen LogP contribution in [-0.4, -0.2) is 17.4 Å². The van der Waals surface area contributed by atoms with Crippen LogP contribution >= 0.6 is 24.0 Å². The van der Waals surface area contributed by atoms with Gasteiger partial charge >= 0.3 is 0 Å². The van der Waals surface area contributed by atoms with Crippen LogP contribution in [0.4, 0.5) is 5.13 Å². The quantitative estimate of drug-likeness (QED) is 0.783. The lowest BCUT2D eigenvalue weighted by Crippen LogP contribution is -2.27. The Labute approximate surface area is 87.2 Å². The van der Waals surface area contributed by atoms with Gasteiger partial charge < -0.3 is 0 Å². The molecular formula is C8H12N2OS2. The monoisotopic (exact) mass is 216 g/mol.